The first-order chi connectivity index (χ1) is 8.08. The summed E-state index contributed by atoms with van der Waals surface area (Å²) in [5.41, 5.74) is 0. The Hall–Kier alpha value is -0.900. The number of aryl methyl sites for hydroxylation is 1. The van der Waals surface area contributed by atoms with Crippen molar-refractivity contribution < 1.29 is 0 Å². The van der Waals surface area contributed by atoms with Gasteiger partial charge in [-0.05, 0) is 38.0 Å². The van der Waals surface area contributed by atoms with Gasteiger partial charge in [-0.2, -0.15) is 0 Å². The predicted octanol–water partition coefficient (Wildman–Crippen LogP) is 2.04. The summed E-state index contributed by atoms with van der Waals surface area (Å²) >= 11 is 0. The molecule has 0 aliphatic heterocycles. The molecule has 1 saturated carbocycles. The zero-order chi connectivity index (χ0) is 12.4. The second-order valence-corrected chi connectivity index (χ2v) is 5.61. The third-order valence-corrected chi connectivity index (χ3v) is 4.14. The van der Waals surface area contributed by atoms with Gasteiger partial charge in [0, 0.05) is 13.1 Å². The van der Waals surface area contributed by atoms with Gasteiger partial charge in [0.05, 0.1) is 6.54 Å². The standard InChI is InChI=1S/C13H24N4/c1-9-5-6-12(10(2)7-9)14-8-13-16-15-11(3)17(13)4/h9-10,12,14H,5-8H2,1-4H3. The first kappa shape index (κ1) is 12.6. The second kappa shape index (κ2) is 5.17. The van der Waals surface area contributed by atoms with Crippen LogP contribution in [0.3, 0.4) is 0 Å². The number of rotatable bonds is 3. The predicted molar refractivity (Wildman–Crippen MR) is 68.5 cm³/mol. The maximum Gasteiger partial charge on any atom is 0.146 e. The maximum absolute atomic E-state index is 4.19. The molecule has 1 fully saturated rings. The largest absolute Gasteiger partial charge is 0.317 e. The smallest absolute Gasteiger partial charge is 0.146 e. The van der Waals surface area contributed by atoms with Crippen molar-refractivity contribution in [3.63, 3.8) is 0 Å². The minimum absolute atomic E-state index is 0.642. The van der Waals surface area contributed by atoms with Crippen molar-refractivity contribution in [2.24, 2.45) is 18.9 Å². The first-order valence-corrected chi connectivity index (χ1v) is 6.66. The zero-order valence-electron chi connectivity index (χ0n) is 11.4. The molecule has 2 rings (SSSR count). The van der Waals surface area contributed by atoms with Gasteiger partial charge in [-0.3, -0.25) is 0 Å². The van der Waals surface area contributed by atoms with Gasteiger partial charge in [0.1, 0.15) is 11.6 Å². The van der Waals surface area contributed by atoms with Crippen LogP contribution in [0.15, 0.2) is 0 Å². The lowest BCUT2D eigenvalue weighted by molar-refractivity contribution is 0.225. The third-order valence-electron chi connectivity index (χ3n) is 4.14. The fourth-order valence-electron chi connectivity index (χ4n) is 2.80. The molecule has 1 aliphatic carbocycles. The van der Waals surface area contributed by atoms with Crippen LogP contribution in [0.2, 0.25) is 0 Å². The normalized spacial score (nSPS) is 29.5. The molecule has 4 nitrogen and oxygen atoms in total. The number of aromatic nitrogens is 3. The third kappa shape index (κ3) is 2.86. The van der Waals surface area contributed by atoms with Crippen LogP contribution in [0.5, 0.6) is 0 Å². The molecule has 0 saturated heterocycles. The van der Waals surface area contributed by atoms with Crippen LogP contribution in [0.25, 0.3) is 0 Å². The second-order valence-electron chi connectivity index (χ2n) is 5.61. The van der Waals surface area contributed by atoms with Gasteiger partial charge in [0.15, 0.2) is 0 Å². The highest BCUT2D eigenvalue weighted by Gasteiger charge is 2.25. The molecule has 0 amide bonds. The molecule has 0 radical (unpaired) electrons. The Morgan fingerprint density at radius 1 is 1.29 bits per heavy atom. The summed E-state index contributed by atoms with van der Waals surface area (Å²) in [5.74, 6) is 3.67. The van der Waals surface area contributed by atoms with E-state index in [1.54, 1.807) is 0 Å². The summed E-state index contributed by atoms with van der Waals surface area (Å²) in [5, 5.41) is 11.9. The van der Waals surface area contributed by atoms with E-state index in [-0.39, 0.29) is 0 Å². The van der Waals surface area contributed by atoms with Gasteiger partial charge in [0.2, 0.25) is 0 Å². The van der Waals surface area contributed by atoms with Gasteiger partial charge in [-0.1, -0.05) is 13.8 Å². The fourth-order valence-corrected chi connectivity index (χ4v) is 2.80. The summed E-state index contributed by atoms with van der Waals surface area (Å²) < 4.78 is 2.06. The van der Waals surface area contributed by atoms with E-state index in [2.05, 4.69) is 33.9 Å². The molecule has 0 spiro atoms. The molecule has 1 aromatic heterocycles. The van der Waals surface area contributed by atoms with Crippen LogP contribution in [0, 0.1) is 18.8 Å². The van der Waals surface area contributed by atoms with E-state index in [9.17, 15) is 0 Å². The van der Waals surface area contributed by atoms with Crippen molar-refractivity contribution in [3.05, 3.63) is 11.6 Å². The SMILES string of the molecule is Cc1nnc(CNC2CCC(C)CC2C)n1C. The molecular weight excluding hydrogens is 212 g/mol. The highest BCUT2D eigenvalue weighted by molar-refractivity contribution is 4.93. The van der Waals surface area contributed by atoms with Crippen molar-refractivity contribution in [1.29, 1.82) is 0 Å². The van der Waals surface area contributed by atoms with Gasteiger partial charge >= 0.3 is 0 Å². The van der Waals surface area contributed by atoms with E-state index in [0.29, 0.717) is 6.04 Å². The zero-order valence-corrected chi connectivity index (χ0v) is 11.4. The van der Waals surface area contributed by atoms with Crippen molar-refractivity contribution in [1.82, 2.24) is 20.1 Å². The van der Waals surface area contributed by atoms with Crippen LogP contribution in [0.1, 0.15) is 44.8 Å². The van der Waals surface area contributed by atoms with Crippen LogP contribution >= 0.6 is 0 Å². The molecule has 0 bridgehead atoms. The lowest BCUT2D eigenvalue weighted by atomic mass is 9.80. The average molecular weight is 236 g/mol. The van der Waals surface area contributed by atoms with E-state index in [4.69, 9.17) is 0 Å². The topological polar surface area (TPSA) is 42.7 Å². The number of nitrogens with one attached hydrogen (secondary N) is 1. The van der Waals surface area contributed by atoms with Gasteiger partial charge in [0.25, 0.3) is 0 Å². The molecule has 3 atom stereocenters. The van der Waals surface area contributed by atoms with Crippen molar-refractivity contribution >= 4 is 0 Å². The highest BCUT2D eigenvalue weighted by atomic mass is 15.3. The molecule has 3 unspecified atom stereocenters. The lowest BCUT2D eigenvalue weighted by Gasteiger charge is -2.33. The average Bonchev–Trinajstić information content (AvgIpc) is 2.59. The lowest BCUT2D eigenvalue weighted by Crippen LogP contribution is -2.39. The summed E-state index contributed by atoms with van der Waals surface area (Å²) in [6.07, 6.45) is 3.98. The maximum atomic E-state index is 4.19. The first-order valence-electron chi connectivity index (χ1n) is 6.66. The van der Waals surface area contributed by atoms with E-state index < -0.39 is 0 Å². The summed E-state index contributed by atoms with van der Waals surface area (Å²) in [6, 6.07) is 0.642. The summed E-state index contributed by atoms with van der Waals surface area (Å²) in [4.78, 5) is 0. The van der Waals surface area contributed by atoms with Crippen molar-refractivity contribution in [3.8, 4) is 0 Å². The minimum atomic E-state index is 0.642. The van der Waals surface area contributed by atoms with Crippen molar-refractivity contribution in [2.45, 2.75) is 52.6 Å². The van der Waals surface area contributed by atoms with Crippen LogP contribution in [-0.2, 0) is 13.6 Å². The highest BCUT2D eigenvalue weighted by Crippen LogP contribution is 2.28. The number of nitrogens with zero attached hydrogens (tertiary/aromatic N) is 3. The summed E-state index contributed by atoms with van der Waals surface area (Å²) in [6.45, 7) is 7.54. The van der Waals surface area contributed by atoms with Gasteiger partial charge in [-0.15, -0.1) is 10.2 Å². The van der Waals surface area contributed by atoms with E-state index in [1.165, 1.54) is 19.3 Å². The monoisotopic (exact) mass is 236 g/mol. The van der Waals surface area contributed by atoms with Gasteiger partial charge in [-0.25, -0.2) is 0 Å². The van der Waals surface area contributed by atoms with E-state index in [1.807, 2.05) is 14.0 Å². The molecule has 1 heterocycles. The molecule has 1 aromatic rings. The van der Waals surface area contributed by atoms with Crippen LogP contribution in [-0.4, -0.2) is 20.8 Å². The Morgan fingerprint density at radius 3 is 2.65 bits per heavy atom. The quantitative estimate of drug-likeness (QED) is 0.873. The Bertz CT molecular complexity index is 371. The number of hydrogen-bond acceptors (Lipinski definition) is 3. The Morgan fingerprint density at radius 2 is 2.06 bits per heavy atom. The molecule has 1 aliphatic rings. The number of hydrogen-bond donors (Lipinski definition) is 1. The Kier molecular flexibility index (Phi) is 3.82. The fraction of sp³-hybridized carbons (Fsp3) is 0.846. The Balaban J connectivity index is 1.88. The molecule has 1 N–H and O–H groups in total. The van der Waals surface area contributed by atoms with Crippen molar-refractivity contribution in [2.75, 3.05) is 0 Å². The summed E-state index contributed by atoms with van der Waals surface area (Å²) in [7, 11) is 2.03. The molecule has 17 heavy (non-hydrogen) atoms. The van der Waals surface area contributed by atoms with E-state index >= 15 is 0 Å². The minimum Gasteiger partial charge on any atom is -0.317 e. The van der Waals surface area contributed by atoms with Crippen LogP contribution < -0.4 is 5.32 Å². The van der Waals surface area contributed by atoms with E-state index in [0.717, 1.165) is 30.0 Å². The molecule has 96 valence electrons. The molecule has 4 heteroatoms. The Labute approximate surface area is 104 Å². The van der Waals surface area contributed by atoms with Crippen LogP contribution in [0.4, 0.5) is 0 Å². The molecule has 0 aromatic carbocycles. The molecular formula is C13H24N4. The van der Waals surface area contributed by atoms with Gasteiger partial charge < -0.3 is 9.88 Å².